The van der Waals surface area contributed by atoms with E-state index in [1.165, 1.54) is 0 Å². The van der Waals surface area contributed by atoms with E-state index in [4.69, 9.17) is 5.84 Å². The minimum absolute atomic E-state index is 0.0758. The zero-order valence-electron chi connectivity index (χ0n) is 11.9. The molecule has 108 valence electrons. The first-order valence-electron chi connectivity index (χ1n) is 6.52. The molecule has 0 saturated heterocycles. The molecule has 6 nitrogen and oxygen atoms in total. The van der Waals surface area contributed by atoms with E-state index in [0.717, 1.165) is 33.8 Å². The van der Waals surface area contributed by atoms with E-state index in [9.17, 15) is 0 Å². The molecule has 0 radical (unpaired) electrons. The number of hydrazine groups is 1. The summed E-state index contributed by atoms with van der Waals surface area (Å²) < 4.78 is 2.94. The normalized spacial score (nSPS) is 12.7. The van der Waals surface area contributed by atoms with Crippen LogP contribution in [-0.2, 0) is 19.9 Å². The van der Waals surface area contributed by atoms with Crippen molar-refractivity contribution in [3.8, 4) is 0 Å². The first kappa shape index (κ1) is 15.1. The van der Waals surface area contributed by atoms with Crippen molar-refractivity contribution in [3.05, 3.63) is 39.6 Å². The topological polar surface area (TPSA) is 81.7 Å². The van der Waals surface area contributed by atoms with Crippen molar-refractivity contribution >= 4 is 15.9 Å². The molecular formula is C13H19BrN6. The van der Waals surface area contributed by atoms with Crippen LogP contribution >= 0.6 is 15.9 Å². The zero-order valence-corrected chi connectivity index (χ0v) is 13.5. The molecule has 20 heavy (non-hydrogen) atoms. The van der Waals surface area contributed by atoms with Gasteiger partial charge in [-0.25, -0.2) is 9.97 Å². The summed E-state index contributed by atoms with van der Waals surface area (Å²) in [4.78, 5) is 8.54. The molecule has 0 aliphatic rings. The van der Waals surface area contributed by atoms with Gasteiger partial charge in [-0.2, -0.15) is 5.10 Å². The Hall–Kier alpha value is -1.31. The fourth-order valence-corrected chi connectivity index (χ4v) is 2.93. The summed E-state index contributed by atoms with van der Waals surface area (Å²) in [6, 6.07) is 1.80. The Bertz CT molecular complexity index is 595. The van der Waals surface area contributed by atoms with Gasteiger partial charge < -0.3 is 0 Å². The predicted molar refractivity (Wildman–Crippen MR) is 80.8 cm³/mol. The number of aromatic nitrogens is 4. The second kappa shape index (κ2) is 6.43. The van der Waals surface area contributed by atoms with Crippen LogP contribution < -0.4 is 11.3 Å². The van der Waals surface area contributed by atoms with Crippen molar-refractivity contribution in [2.45, 2.75) is 32.7 Å². The molecule has 7 heteroatoms. The first-order chi connectivity index (χ1) is 9.56. The molecule has 0 bridgehead atoms. The third kappa shape index (κ3) is 3.05. The van der Waals surface area contributed by atoms with Gasteiger partial charge in [-0.15, -0.1) is 0 Å². The van der Waals surface area contributed by atoms with Gasteiger partial charge in [0, 0.05) is 19.7 Å². The molecule has 2 heterocycles. The molecule has 2 aromatic rings. The monoisotopic (exact) mass is 338 g/mol. The molecule has 2 rings (SSSR count). The van der Waals surface area contributed by atoms with E-state index in [1.807, 2.05) is 24.7 Å². The lowest BCUT2D eigenvalue weighted by Crippen LogP contribution is -2.31. The Morgan fingerprint density at radius 1 is 1.50 bits per heavy atom. The van der Waals surface area contributed by atoms with Gasteiger partial charge in [-0.3, -0.25) is 16.0 Å². The molecule has 0 amide bonds. The zero-order chi connectivity index (χ0) is 14.7. The molecule has 0 spiro atoms. The van der Waals surface area contributed by atoms with Crippen LogP contribution in [0.1, 0.15) is 35.9 Å². The summed E-state index contributed by atoms with van der Waals surface area (Å²) in [6.45, 7) is 3.95. The summed E-state index contributed by atoms with van der Waals surface area (Å²) in [5.41, 5.74) is 5.86. The van der Waals surface area contributed by atoms with E-state index in [1.54, 1.807) is 6.20 Å². The van der Waals surface area contributed by atoms with E-state index < -0.39 is 0 Å². The van der Waals surface area contributed by atoms with Crippen LogP contribution in [0.25, 0.3) is 0 Å². The maximum atomic E-state index is 5.69. The lowest BCUT2D eigenvalue weighted by atomic mass is 10.1. The van der Waals surface area contributed by atoms with Crippen molar-refractivity contribution in [2.75, 3.05) is 0 Å². The Balaban J connectivity index is 2.29. The molecule has 0 aromatic carbocycles. The Kier molecular flexibility index (Phi) is 4.85. The number of rotatable bonds is 5. The Morgan fingerprint density at radius 3 is 2.80 bits per heavy atom. The van der Waals surface area contributed by atoms with Crippen molar-refractivity contribution in [2.24, 2.45) is 12.9 Å². The van der Waals surface area contributed by atoms with Crippen LogP contribution in [0.5, 0.6) is 0 Å². The van der Waals surface area contributed by atoms with Crippen LogP contribution in [0.3, 0.4) is 0 Å². The Labute approximate surface area is 126 Å². The highest BCUT2D eigenvalue weighted by Gasteiger charge is 2.19. The minimum Gasteiger partial charge on any atom is -0.271 e. The third-order valence-corrected chi connectivity index (χ3v) is 4.17. The first-order valence-corrected chi connectivity index (χ1v) is 7.32. The van der Waals surface area contributed by atoms with Gasteiger partial charge in [0.05, 0.1) is 27.6 Å². The molecule has 0 fully saturated rings. The number of hydrogen-bond donors (Lipinski definition) is 2. The molecule has 0 aliphatic carbocycles. The summed E-state index contributed by atoms with van der Waals surface area (Å²) in [7, 11) is 1.94. The van der Waals surface area contributed by atoms with E-state index in [-0.39, 0.29) is 6.04 Å². The van der Waals surface area contributed by atoms with E-state index in [0.29, 0.717) is 6.42 Å². The van der Waals surface area contributed by atoms with Crippen LogP contribution in [0.15, 0.2) is 16.7 Å². The largest absolute Gasteiger partial charge is 0.271 e. The highest BCUT2D eigenvalue weighted by Crippen LogP contribution is 2.25. The van der Waals surface area contributed by atoms with Crippen molar-refractivity contribution in [1.29, 1.82) is 0 Å². The second-order valence-electron chi connectivity index (χ2n) is 4.64. The lowest BCUT2D eigenvalue weighted by molar-refractivity contribution is 0.515. The van der Waals surface area contributed by atoms with Crippen LogP contribution in [-0.4, -0.2) is 19.7 Å². The number of hydrogen-bond acceptors (Lipinski definition) is 5. The van der Waals surface area contributed by atoms with Gasteiger partial charge in [0.1, 0.15) is 5.82 Å². The fraction of sp³-hybridized carbons (Fsp3) is 0.462. The molecule has 0 saturated carbocycles. The molecule has 2 aromatic heterocycles. The maximum Gasteiger partial charge on any atom is 0.125 e. The highest BCUT2D eigenvalue weighted by atomic mass is 79.9. The van der Waals surface area contributed by atoms with Gasteiger partial charge >= 0.3 is 0 Å². The smallest absolute Gasteiger partial charge is 0.125 e. The van der Waals surface area contributed by atoms with Gasteiger partial charge in [-0.05, 0) is 35.3 Å². The van der Waals surface area contributed by atoms with Crippen LogP contribution in [0.2, 0.25) is 0 Å². The summed E-state index contributed by atoms with van der Waals surface area (Å²) in [6.07, 6.45) is 3.34. The van der Waals surface area contributed by atoms with E-state index in [2.05, 4.69) is 43.3 Å². The molecule has 1 atom stereocenters. The number of nitrogens with one attached hydrogen (secondary N) is 1. The van der Waals surface area contributed by atoms with Gasteiger partial charge in [0.25, 0.3) is 0 Å². The third-order valence-electron chi connectivity index (χ3n) is 3.26. The summed E-state index contributed by atoms with van der Waals surface area (Å²) in [5, 5.41) is 4.50. The SMILES string of the molecule is CCc1nn(C)c(CC(NN)c2ccnc(C)n2)c1Br. The number of halogens is 1. The van der Waals surface area contributed by atoms with Crippen molar-refractivity contribution in [1.82, 2.24) is 25.2 Å². The Morgan fingerprint density at radius 2 is 2.25 bits per heavy atom. The molecule has 3 N–H and O–H groups in total. The minimum atomic E-state index is -0.0758. The molecular weight excluding hydrogens is 320 g/mol. The quantitative estimate of drug-likeness (QED) is 0.639. The van der Waals surface area contributed by atoms with Crippen molar-refractivity contribution in [3.63, 3.8) is 0 Å². The average Bonchev–Trinajstić information content (AvgIpc) is 2.71. The average molecular weight is 339 g/mol. The van der Waals surface area contributed by atoms with Gasteiger partial charge in [0.15, 0.2) is 0 Å². The number of nitrogens with two attached hydrogens (primary N) is 1. The maximum absolute atomic E-state index is 5.69. The lowest BCUT2D eigenvalue weighted by Gasteiger charge is -2.16. The van der Waals surface area contributed by atoms with E-state index >= 15 is 0 Å². The highest BCUT2D eigenvalue weighted by molar-refractivity contribution is 9.10. The molecule has 1 unspecified atom stereocenters. The van der Waals surface area contributed by atoms with Crippen LogP contribution in [0, 0.1) is 6.92 Å². The second-order valence-corrected chi connectivity index (χ2v) is 5.43. The standard InChI is InChI=1S/C13H19BrN6/c1-4-9-13(14)12(20(3)19-9)7-11(18-15)10-5-6-16-8(2)17-10/h5-6,11,18H,4,7,15H2,1-3H3. The molecule has 0 aliphatic heterocycles. The number of aryl methyl sites for hydroxylation is 3. The fourth-order valence-electron chi connectivity index (χ4n) is 2.15. The van der Waals surface area contributed by atoms with Crippen LogP contribution in [0.4, 0.5) is 0 Å². The predicted octanol–water partition coefficient (Wildman–Crippen LogP) is 1.59. The number of nitrogens with zero attached hydrogens (tertiary/aromatic N) is 4. The van der Waals surface area contributed by atoms with Gasteiger partial charge in [0.2, 0.25) is 0 Å². The van der Waals surface area contributed by atoms with Gasteiger partial charge in [-0.1, -0.05) is 6.92 Å². The summed E-state index contributed by atoms with van der Waals surface area (Å²) >= 11 is 3.62. The van der Waals surface area contributed by atoms with Crippen molar-refractivity contribution < 1.29 is 0 Å². The summed E-state index contributed by atoms with van der Waals surface area (Å²) in [5.74, 6) is 6.42.